The third kappa shape index (κ3) is 5.80. The molecule has 1 amide bonds. The summed E-state index contributed by atoms with van der Waals surface area (Å²) in [6.07, 6.45) is 1.47. The van der Waals surface area contributed by atoms with Crippen molar-refractivity contribution in [3.63, 3.8) is 0 Å². The molecule has 0 aromatic carbocycles. The van der Waals surface area contributed by atoms with Crippen LogP contribution in [0, 0.1) is 10.1 Å². The number of hydrogen-bond acceptors (Lipinski definition) is 5. The SMILES string of the molecule is CC(C)(C)OC(=O)NCCc1ccc([N+](=O)[O-])nc1. The number of alkyl carbamates (subject to hydrolysis) is 1. The molecule has 0 fully saturated rings. The van der Waals surface area contributed by atoms with E-state index in [1.54, 1.807) is 26.8 Å². The molecular weight excluding hydrogens is 250 g/mol. The van der Waals surface area contributed by atoms with Crippen LogP contribution in [-0.4, -0.2) is 28.1 Å². The van der Waals surface area contributed by atoms with Gasteiger partial charge < -0.3 is 20.2 Å². The second-order valence-corrected chi connectivity index (χ2v) is 4.96. The number of carbonyl (C=O) groups excluding carboxylic acids is 1. The molecule has 1 aromatic rings. The first-order chi connectivity index (χ1) is 8.78. The van der Waals surface area contributed by atoms with Crippen LogP contribution in [0.2, 0.25) is 0 Å². The Labute approximate surface area is 111 Å². The molecule has 0 unspecified atom stereocenters. The van der Waals surface area contributed by atoms with Gasteiger partial charge in [-0.15, -0.1) is 0 Å². The molecule has 0 aliphatic carbocycles. The topological polar surface area (TPSA) is 94.4 Å². The lowest BCUT2D eigenvalue weighted by Gasteiger charge is -2.19. The maximum absolute atomic E-state index is 11.4. The van der Waals surface area contributed by atoms with Crippen molar-refractivity contribution >= 4 is 11.9 Å². The molecule has 0 atom stereocenters. The molecule has 0 spiro atoms. The number of nitro groups is 1. The van der Waals surface area contributed by atoms with Crippen LogP contribution < -0.4 is 5.32 Å². The van der Waals surface area contributed by atoms with Crippen LogP contribution in [0.25, 0.3) is 0 Å². The van der Waals surface area contributed by atoms with Gasteiger partial charge in [-0.25, -0.2) is 4.79 Å². The monoisotopic (exact) mass is 267 g/mol. The fourth-order valence-electron chi connectivity index (χ4n) is 1.30. The van der Waals surface area contributed by atoms with Gasteiger partial charge in [0.05, 0.1) is 0 Å². The number of ether oxygens (including phenoxy) is 1. The summed E-state index contributed by atoms with van der Waals surface area (Å²) in [7, 11) is 0. The Morgan fingerprint density at radius 3 is 2.63 bits per heavy atom. The Bertz CT molecular complexity index is 451. The van der Waals surface area contributed by atoms with E-state index in [0.717, 1.165) is 5.56 Å². The highest BCUT2D eigenvalue weighted by molar-refractivity contribution is 5.67. The number of carbonyl (C=O) groups is 1. The quantitative estimate of drug-likeness (QED) is 0.665. The largest absolute Gasteiger partial charge is 0.444 e. The Hall–Kier alpha value is -2.18. The molecule has 0 radical (unpaired) electrons. The highest BCUT2D eigenvalue weighted by atomic mass is 16.6. The van der Waals surface area contributed by atoms with E-state index in [1.165, 1.54) is 12.3 Å². The summed E-state index contributed by atoms with van der Waals surface area (Å²) in [6, 6.07) is 2.95. The van der Waals surface area contributed by atoms with E-state index >= 15 is 0 Å². The average Bonchev–Trinajstić information content (AvgIpc) is 2.27. The minimum atomic E-state index is -0.553. The van der Waals surface area contributed by atoms with Crippen molar-refractivity contribution in [1.29, 1.82) is 0 Å². The summed E-state index contributed by atoms with van der Waals surface area (Å²) in [5.41, 5.74) is 0.278. The number of hydrogen-bond donors (Lipinski definition) is 1. The van der Waals surface area contributed by atoms with Crippen LogP contribution in [-0.2, 0) is 11.2 Å². The highest BCUT2D eigenvalue weighted by Crippen LogP contribution is 2.08. The molecule has 1 N–H and O–H groups in total. The molecular formula is C12H17N3O4. The van der Waals surface area contributed by atoms with Crippen molar-refractivity contribution in [2.75, 3.05) is 6.54 Å². The Balaban J connectivity index is 2.37. The predicted molar refractivity (Wildman–Crippen MR) is 68.8 cm³/mol. The van der Waals surface area contributed by atoms with Gasteiger partial charge in [-0.05, 0) is 48.7 Å². The number of amides is 1. The van der Waals surface area contributed by atoms with Gasteiger partial charge in [0.2, 0.25) is 0 Å². The van der Waals surface area contributed by atoms with E-state index in [-0.39, 0.29) is 5.82 Å². The summed E-state index contributed by atoms with van der Waals surface area (Å²) in [6.45, 7) is 5.74. The van der Waals surface area contributed by atoms with Gasteiger partial charge in [0.15, 0.2) is 0 Å². The molecule has 0 saturated heterocycles. The smallest absolute Gasteiger partial charge is 0.407 e. The van der Waals surface area contributed by atoms with Crippen molar-refractivity contribution < 1.29 is 14.5 Å². The van der Waals surface area contributed by atoms with E-state index in [0.29, 0.717) is 13.0 Å². The van der Waals surface area contributed by atoms with E-state index in [2.05, 4.69) is 10.3 Å². The van der Waals surface area contributed by atoms with Crippen LogP contribution in [0.5, 0.6) is 0 Å². The van der Waals surface area contributed by atoms with E-state index in [9.17, 15) is 14.9 Å². The number of rotatable bonds is 4. The lowest BCUT2D eigenvalue weighted by molar-refractivity contribution is -0.389. The van der Waals surface area contributed by atoms with Crippen LogP contribution in [0.4, 0.5) is 10.6 Å². The molecule has 0 saturated carbocycles. The molecule has 7 heteroatoms. The van der Waals surface area contributed by atoms with Gasteiger partial charge in [-0.2, -0.15) is 0 Å². The first-order valence-electron chi connectivity index (χ1n) is 5.84. The van der Waals surface area contributed by atoms with Gasteiger partial charge in [0, 0.05) is 12.6 Å². The van der Waals surface area contributed by atoms with Crippen LogP contribution in [0.1, 0.15) is 26.3 Å². The summed E-state index contributed by atoms with van der Waals surface area (Å²) < 4.78 is 5.07. The number of nitrogens with one attached hydrogen (secondary N) is 1. The number of pyridine rings is 1. The molecule has 19 heavy (non-hydrogen) atoms. The van der Waals surface area contributed by atoms with E-state index in [4.69, 9.17) is 4.74 Å². The maximum Gasteiger partial charge on any atom is 0.407 e. The minimum Gasteiger partial charge on any atom is -0.444 e. The standard InChI is InChI=1S/C12H17N3O4/c1-12(2,3)19-11(16)13-7-6-9-4-5-10(14-8-9)15(17)18/h4-5,8H,6-7H2,1-3H3,(H,13,16). The zero-order valence-electron chi connectivity index (χ0n) is 11.2. The zero-order valence-corrected chi connectivity index (χ0v) is 11.2. The molecule has 104 valence electrons. The molecule has 0 aliphatic rings. The molecule has 0 aliphatic heterocycles. The second kappa shape index (κ2) is 6.12. The van der Waals surface area contributed by atoms with Gasteiger partial charge in [0.1, 0.15) is 11.8 Å². The fraction of sp³-hybridized carbons (Fsp3) is 0.500. The molecule has 7 nitrogen and oxygen atoms in total. The lowest BCUT2D eigenvalue weighted by atomic mass is 10.2. The molecule has 1 heterocycles. The van der Waals surface area contributed by atoms with Crippen LogP contribution in [0.3, 0.4) is 0 Å². The minimum absolute atomic E-state index is 0.191. The highest BCUT2D eigenvalue weighted by Gasteiger charge is 2.15. The normalized spacial score (nSPS) is 10.9. The van der Waals surface area contributed by atoms with Crippen molar-refractivity contribution in [2.24, 2.45) is 0 Å². The molecule has 0 bridgehead atoms. The summed E-state index contributed by atoms with van der Waals surface area (Å²) in [4.78, 5) is 24.9. The predicted octanol–water partition coefficient (Wildman–Crippen LogP) is 2.06. The first kappa shape index (κ1) is 14.9. The maximum atomic E-state index is 11.4. The third-order valence-corrected chi connectivity index (χ3v) is 2.08. The third-order valence-electron chi connectivity index (χ3n) is 2.08. The van der Waals surface area contributed by atoms with Crippen molar-refractivity contribution in [2.45, 2.75) is 32.8 Å². The molecule has 1 aromatic heterocycles. The van der Waals surface area contributed by atoms with Crippen molar-refractivity contribution in [3.05, 3.63) is 34.0 Å². The van der Waals surface area contributed by atoms with Gasteiger partial charge in [-0.3, -0.25) is 0 Å². The van der Waals surface area contributed by atoms with Crippen molar-refractivity contribution in [1.82, 2.24) is 10.3 Å². The van der Waals surface area contributed by atoms with E-state index in [1.807, 2.05) is 0 Å². The Kier molecular flexibility index (Phi) is 4.80. The second-order valence-electron chi connectivity index (χ2n) is 4.96. The van der Waals surface area contributed by atoms with E-state index < -0.39 is 16.6 Å². The van der Waals surface area contributed by atoms with Gasteiger partial charge >= 0.3 is 11.9 Å². The van der Waals surface area contributed by atoms with Gasteiger partial charge in [-0.1, -0.05) is 0 Å². The lowest BCUT2D eigenvalue weighted by Crippen LogP contribution is -2.33. The van der Waals surface area contributed by atoms with Crippen LogP contribution in [0.15, 0.2) is 18.3 Å². The summed E-state index contributed by atoms with van der Waals surface area (Å²) in [5, 5.41) is 13.0. The van der Waals surface area contributed by atoms with Gasteiger partial charge in [0.25, 0.3) is 0 Å². The summed E-state index contributed by atoms with van der Waals surface area (Å²) >= 11 is 0. The Morgan fingerprint density at radius 1 is 1.47 bits per heavy atom. The van der Waals surface area contributed by atoms with Crippen molar-refractivity contribution in [3.8, 4) is 0 Å². The Morgan fingerprint density at radius 2 is 2.16 bits per heavy atom. The zero-order chi connectivity index (χ0) is 14.5. The fourth-order valence-corrected chi connectivity index (χ4v) is 1.30. The van der Waals surface area contributed by atoms with Crippen LogP contribution >= 0.6 is 0 Å². The number of nitrogens with zero attached hydrogens (tertiary/aromatic N) is 2. The first-order valence-corrected chi connectivity index (χ1v) is 5.84. The summed E-state index contributed by atoms with van der Waals surface area (Å²) in [5.74, 6) is -0.191. The average molecular weight is 267 g/mol. The molecule has 1 rings (SSSR count). The number of aromatic nitrogens is 1.